The number of nitrogens with one attached hydrogen (secondary N) is 1. The Morgan fingerprint density at radius 3 is 2.76 bits per heavy atom. The van der Waals surface area contributed by atoms with E-state index in [-0.39, 0.29) is 24.8 Å². The van der Waals surface area contributed by atoms with Gasteiger partial charge in [0.15, 0.2) is 5.82 Å². The summed E-state index contributed by atoms with van der Waals surface area (Å²) < 4.78 is 29.2. The predicted molar refractivity (Wildman–Crippen MR) is 136 cm³/mol. The van der Waals surface area contributed by atoms with Gasteiger partial charge in [0.25, 0.3) is 5.91 Å². The van der Waals surface area contributed by atoms with E-state index in [0.717, 1.165) is 41.2 Å². The number of carbonyl (C=O) groups is 1. The molecule has 1 aliphatic heterocycles. The zero-order valence-electron chi connectivity index (χ0n) is 20.4. The van der Waals surface area contributed by atoms with E-state index in [2.05, 4.69) is 15.5 Å². The third-order valence-corrected chi connectivity index (χ3v) is 8.19. The van der Waals surface area contributed by atoms with Gasteiger partial charge in [-0.3, -0.25) is 9.48 Å². The van der Waals surface area contributed by atoms with Crippen LogP contribution < -0.4 is 5.32 Å². The number of thiazole rings is 1. The number of halogens is 2. The molecule has 0 bridgehead atoms. The number of nitrogens with zero attached hydrogens (tertiary/aromatic N) is 6. The van der Waals surface area contributed by atoms with Crippen molar-refractivity contribution >= 4 is 17.2 Å². The molecule has 11 heteroatoms. The molecule has 1 saturated carbocycles. The van der Waals surface area contributed by atoms with Crippen molar-refractivity contribution in [3.63, 3.8) is 0 Å². The topological polar surface area (TPSA) is 90.5 Å². The summed E-state index contributed by atoms with van der Waals surface area (Å²) in [7, 11) is 1.73. The van der Waals surface area contributed by atoms with Crippen LogP contribution in [0.5, 0.6) is 0 Å². The molecule has 1 aliphatic carbocycles. The van der Waals surface area contributed by atoms with Gasteiger partial charge in [0.05, 0.1) is 17.5 Å². The number of hydrogen-bond donors (Lipinski definition) is 1. The van der Waals surface area contributed by atoms with Crippen LogP contribution in [0, 0.1) is 0 Å². The minimum atomic E-state index is -2.36. The lowest BCUT2D eigenvalue weighted by atomic mass is 10.1. The molecular weight excluding hydrogens is 496 g/mol. The van der Waals surface area contributed by atoms with Crippen LogP contribution in [0.3, 0.4) is 0 Å². The van der Waals surface area contributed by atoms with Gasteiger partial charge >= 0.3 is 0 Å². The van der Waals surface area contributed by atoms with E-state index < -0.39 is 6.43 Å². The summed E-state index contributed by atoms with van der Waals surface area (Å²) in [6, 6.07) is 9.76. The normalized spacial score (nSPS) is 17.2. The van der Waals surface area contributed by atoms with E-state index >= 15 is 0 Å². The molecular formula is C26H27F2N7OS. The first-order chi connectivity index (χ1) is 18.0. The van der Waals surface area contributed by atoms with Gasteiger partial charge in [-0.25, -0.2) is 23.4 Å². The van der Waals surface area contributed by atoms with E-state index in [1.54, 1.807) is 17.9 Å². The molecule has 1 unspecified atom stereocenters. The highest BCUT2D eigenvalue weighted by Crippen LogP contribution is 2.46. The first kappa shape index (κ1) is 23.9. The second kappa shape index (κ2) is 9.77. The Hall–Kier alpha value is -3.47. The summed E-state index contributed by atoms with van der Waals surface area (Å²) in [6.45, 7) is 0.670. The standard InChI is InChI=1S/C26H27F2N7OS/c1-34-22(18(14-29-34)26-31-19(9-10-20(27)28)23(37-26)15-7-8-15)25(36)30-17-11-12-35-21(13-17)32-24(33-35)16-5-3-2-4-6-16/h2-6,14-15,17,20H,7-13H2,1H3,(H,30,36). The predicted octanol–water partition coefficient (Wildman–Crippen LogP) is 4.62. The fourth-order valence-electron chi connectivity index (χ4n) is 4.82. The molecule has 1 amide bonds. The van der Waals surface area contributed by atoms with E-state index in [9.17, 15) is 13.6 Å². The van der Waals surface area contributed by atoms with Gasteiger partial charge in [-0.15, -0.1) is 11.3 Å². The van der Waals surface area contributed by atoms with Gasteiger partial charge < -0.3 is 5.32 Å². The second-order valence-electron chi connectivity index (χ2n) is 9.67. The third-order valence-electron chi connectivity index (χ3n) is 6.89. The van der Waals surface area contributed by atoms with Gasteiger partial charge in [-0.05, 0) is 31.6 Å². The largest absolute Gasteiger partial charge is 0.347 e. The highest BCUT2D eigenvalue weighted by atomic mass is 32.1. The molecule has 4 aromatic rings. The maximum Gasteiger partial charge on any atom is 0.270 e. The Balaban J connectivity index is 1.20. The molecule has 8 nitrogen and oxygen atoms in total. The lowest BCUT2D eigenvalue weighted by Gasteiger charge is -2.23. The van der Waals surface area contributed by atoms with Crippen molar-refractivity contribution in [1.82, 2.24) is 34.8 Å². The van der Waals surface area contributed by atoms with Crippen LogP contribution in [0.2, 0.25) is 0 Å². The van der Waals surface area contributed by atoms with Crippen molar-refractivity contribution in [3.05, 3.63) is 58.6 Å². The van der Waals surface area contributed by atoms with Crippen LogP contribution in [0.4, 0.5) is 8.78 Å². The van der Waals surface area contributed by atoms with Crippen LogP contribution in [0.15, 0.2) is 36.5 Å². The maximum absolute atomic E-state index is 13.4. The average Bonchev–Trinajstić information content (AvgIpc) is 3.32. The van der Waals surface area contributed by atoms with E-state index in [1.807, 2.05) is 35.0 Å². The molecule has 2 aliphatic rings. The van der Waals surface area contributed by atoms with Gasteiger partial charge in [0.2, 0.25) is 6.43 Å². The van der Waals surface area contributed by atoms with Crippen LogP contribution in [0.1, 0.15) is 58.5 Å². The van der Waals surface area contributed by atoms with Crippen molar-refractivity contribution in [2.24, 2.45) is 7.05 Å². The van der Waals surface area contributed by atoms with Crippen molar-refractivity contribution in [2.45, 2.75) is 63.5 Å². The highest BCUT2D eigenvalue weighted by molar-refractivity contribution is 7.15. The third kappa shape index (κ3) is 4.92. The summed E-state index contributed by atoms with van der Waals surface area (Å²) in [6.07, 6.45) is 2.76. The maximum atomic E-state index is 13.4. The molecule has 1 aromatic carbocycles. The highest BCUT2D eigenvalue weighted by Gasteiger charge is 2.32. The minimum Gasteiger partial charge on any atom is -0.347 e. The molecule has 1 atom stereocenters. The van der Waals surface area contributed by atoms with Crippen LogP contribution in [-0.2, 0) is 26.4 Å². The molecule has 192 valence electrons. The summed E-state index contributed by atoms with van der Waals surface area (Å²) >= 11 is 1.51. The van der Waals surface area contributed by atoms with Crippen molar-refractivity contribution in [2.75, 3.05) is 0 Å². The summed E-state index contributed by atoms with van der Waals surface area (Å²) in [5, 5.41) is 12.8. The monoisotopic (exact) mass is 523 g/mol. The smallest absolute Gasteiger partial charge is 0.270 e. The Kier molecular flexibility index (Phi) is 6.31. The summed E-state index contributed by atoms with van der Waals surface area (Å²) in [5.74, 6) is 1.70. The van der Waals surface area contributed by atoms with E-state index in [1.165, 1.54) is 11.3 Å². The lowest BCUT2D eigenvalue weighted by molar-refractivity contribution is 0.0921. The number of aryl methyl sites for hydroxylation is 3. The van der Waals surface area contributed by atoms with Gasteiger partial charge in [-0.2, -0.15) is 10.2 Å². The molecule has 1 N–H and O–H groups in total. The van der Waals surface area contributed by atoms with Crippen LogP contribution in [-0.4, -0.2) is 47.9 Å². The second-order valence-corrected chi connectivity index (χ2v) is 10.7. The quantitative estimate of drug-likeness (QED) is 0.364. The Morgan fingerprint density at radius 2 is 2.00 bits per heavy atom. The number of rotatable bonds is 8. The Labute approximate surface area is 216 Å². The van der Waals surface area contributed by atoms with Crippen molar-refractivity contribution in [1.29, 1.82) is 0 Å². The van der Waals surface area contributed by atoms with Gasteiger partial charge in [0, 0.05) is 42.9 Å². The van der Waals surface area contributed by atoms with Crippen LogP contribution in [0.25, 0.3) is 22.0 Å². The average molecular weight is 524 g/mol. The number of carbonyl (C=O) groups excluding carboxylic acids is 1. The molecule has 0 radical (unpaired) electrons. The van der Waals surface area contributed by atoms with E-state index in [0.29, 0.717) is 41.0 Å². The number of fused-ring (bicyclic) bond motifs is 1. The summed E-state index contributed by atoms with van der Waals surface area (Å²) in [4.78, 5) is 23.9. The van der Waals surface area contributed by atoms with Crippen molar-refractivity contribution in [3.8, 4) is 22.0 Å². The SMILES string of the molecule is Cn1ncc(-c2nc(CCC(F)F)c(C3CC3)s2)c1C(=O)NC1CCn2nc(-c3ccccc3)nc2C1. The Morgan fingerprint density at radius 1 is 1.19 bits per heavy atom. The fraction of sp³-hybridized carbons (Fsp3) is 0.423. The number of hydrogen-bond acceptors (Lipinski definition) is 6. The number of aromatic nitrogens is 6. The van der Waals surface area contributed by atoms with Gasteiger partial charge in [0.1, 0.15) is 16.5 Å². The Bertz CT molecular complexity index is 1420. The molecule has 4 heterocycles. The number of amides is 1. The number of alkyl halides is 2. The van der Waals surface area contributed by atoms with Crippen LogP contribution >= 0.6 is 11.3 Å². The molecule has 6 rings (SSSR count). The minimum absolute atomic E-state index is 0.0875. The van der Waals surface area contributed by atoms with Gasteiger partial charge in [-0.1, -0.05) is 30.3 Å². The molecule has 0 saturated heterocycles. The first-order valence-corrected chi connectivity index (χ1v) is 13.4. The fourth-order valence-corrected chi connectivity index (χ4v) is 6.11. The van der Waals surface area contributed by atoms with Crippen molar-refractivity contribution < 1.29 is 13.6 Å². The summed E-state index contributed by atoms with van der Waals surface area (Å²) in [5.41, 5.74) is 2.76. The molecule has 3 aromatic heterocycles. The number of benzene rings is 1. The first-order valence-electron chi connectivity index (χ1n) is 12.6. The van der Waals surface area contributed by atoms with E-state index in [4.69, 9.17) is 9.97 Å². The lowest BCUT2D eigenvalue weighted by Crippen LogP contribution is -2.41. The zero-order valence-corrected chi connectivity index (χ0v) is 21.2. The zero-order chi connectivity index (χ0) is 25.5. The molecule has 37 heavy (non-hydrogen) atoms. The molecule has 0 spiro atoms. The molecule has 1 fully saturated rings.